The zero-order chi connectivity index (χ0) is 11.4. The van der Waals surface area contributed by atoms with E-state index in [1.54, 1.807) is 0 Å². The van der Waals surface area contributed by atoms with Crippen molar-refractivity contribution in [3.8, 4) is 0 Å². The third kappa shape index (κ3) is 2.44. The summed E-state index contributed by atoms with van der Waals surface area (Å²) in [6.07, 6.45) is 1.15. The highest BCUT2D eigenvalue weighted by atomic mass is 15.2. The Balaban J connectivity index is 3.07. The molecule has 1 rings (SSSR count). The number of anilines is 2. The number of nitrogen functional groups attached to an aromatic ring is 1. The molecule has 2 nitrogen and oxygen atoms in total. The Labute approximate surface area is 93.1 Å². The smallest absolute Gasteiger partial charge is 0.0418 e. The lowest BCUT2D eigenvalue weighted by Crippen LogP contribution is -2.32. The number of benzene rings is 1. The van der Waals surface area contributed by atoms with Crippen LogP contribution in [-0.4, -0.2) is 12.6 Å². The standard InChI is InChI=1S/C13H22N2/c1-5-10(3)15(6-2)13-9-7-8-12(14)11(13)4/h7-10H,5-6,14H2,1-4H3. The predicted octanol–water partition coefficient (Wildman–Crippen LogP) is 3.20. The van der Waals surface area contributed by atoms with Crippen LogP contribution < -0.4 is 10.6 Å². The number of nitrogens with zero attached hydrogens (tertiary/aromatic N) is 1. The van der Waals surface area contributed by atoms with Crippen LogP contribution in [0.4, 0.5) is 11.4 Å². The van der Waals surface area contributed by atoms with E-state index in [2.05, 4.69) is 38.7 Å². The largest absolute Gasteiger partial charge is 0.398 e. The van der Waals surface area contributed by atoms with Crippen molar-refractivity contribution in [3.05, 3.63) is 23.8 Å². The van der Waals surface area contributed by atoms with E-state index in [1.807, 2.05) is 12.1 Å². The van der Waals surface area contributed by atoms with Crippen LogP contribution in [0.3, 0.4) is 0 Å². The van der Waals surface area contributed by atoms with Gasteiger partial charge in [-0.1, -0.05) is 13.0 Å². The van der Waals surface area contributed by atoms with Crippen molar-refractivity contribution in [1.82, 2.24) is 0 Å². The lowest BCUT2D eigenvalue weighted by Gasteiger charge is -2.31. The Hall–Kier alpha value is -1.18. The molecule has 1 unspecified atom stereocenters. The molecule has 15 heavy (non-hydrogen) atoms. The van der Waals surface area contributed by atoms with E-state index in [4.69, 9.17) is 5.73 Å². The van der Waals surface area contributed by atoms with E-state index < -0.39 is 0 Å². The molecular weight excluding hydrogens is 184 g/mol. The van der Waals surface area contributed by atoms with Crippen LogP contribution in [0, 0.1) is 6.92 Å². The Morgan fingerprint density at radius 3 is 2.53 bits per heavy atom. The molecule has 0 saturated carbocycles. The molecule has 0 aliphatic heterocycles. The first-order chi connectivity index (χ1) is 7.11. The van der Waals surface area contributed by atoms with Gasteiger partial charge in [0.05, 0.1) is 0 Å². The average Bonchev–Trinajstić information content (AvgIpc) is 2.24. The summed E-state index contributed by atoms with van der Waals surface area (Å²) < 4.78 is 0. The second kappa shape index (κ2) is 5.06. The van der Waals surface area contributed by atoms with Gasteiger partial charge in [-0.25, -0.2) is 0 Å². The molecule has 0 amide bonds. The fourth-order valence-electron chi connectivity index (χ4n) is 1.89. The third-order valence-electron chi connectivity index (χ3n) is 3.12. The molecule has 0 spiro atoms. The fraction of sp³-hybridized carbons (Fsp3) is 0.538. The quantitative estimate of drug-likeness (QED) is 0.766. The molecule has 84 valence electrons. The topological polar surface area (TPSA) is 29.3 Å². The van der Waals surface area contributed by atoms with Crippen LogP contribution in [-0.2, 0) is 0 Å². The van der Waals surface area contributed by atoms with E-state index in [1.165, 1.54) is 11.3 Å². The van der Waals surface area contributed by atoms with Gasteiger partial charge in [-0.05, 0) is 44.9 Å². The monoisotopic (exact) mass is 206 g/mol. The summed E-state index contributed by atoms with van der Waals surface area (Å²) in [4.78, 5) is 2.41. The first kappa shape index (κ1) is 11.9. The molecule has 1 aromatic carbocycles. The third-order valence-corrected chi connectivity index (χ3v) is 3.12. The summed E-state index contributed by atoms with van der Waals surface area (Å²) in [6.45, 7) is 9.78. The predicted molar refractivity (Wildman–Crippen MR) is 68.4 cm³/mol. The van der Waals surface area contributed by atoms with Crippen molar-refractivity contribution in [2.75, 3.05) is 17.2 Å². The zero-order valence-corrected chi connectivity index (χ0v) is 10.2. The molecule has 0 aliphatic rings. The first-order valence-corrected chi connectivity index (χ1v) is 5.73. The Morgan fingerprint density at radius 2 is 2.00 bits per heavy atom. The first-order valence-electron chi connectivity index (χ1n) is 5.73. The van der Waals surface area contributed by atoms with E-state index in [0.29, 0.717) is 6.04 Å². The SMILES string of the molecule is CCC(C)N(CC)c1cccc(N)c1C. The summed E-state index contributed by atoms with van der Waals surface area (Å²) in [5.74, 6) is 0. The second-order valence-corrected chi connectivity index (χ2v) is 4.03. The molecule has 0 radical (unpaired) electrons. The highest BCUT2D eigenvalue weighted by molar-refractivity contribution is 5.64. The molecule has 2 heteroatoms. The molecule has 1 atom stereocenters. The van der Waals surface area contributed by atoms with E-state index in [0.717, 1.165) is 18.7 Å². The Bertz CT molecular complexity index is 320. The molecule has 0 heterocycles. The van der Waals surface area contributed by atoms with Gasteiger partial charge in [-0.3, -0.25) is 0 Å². The van der Waals surface area contributed by atoms with Gasteiger partial charge in [0.1, 0.15) is 0 Å². The van der Waals surface area contributed by atoms with Crippen LogP contribution >= 0.6 is 0 Å². The van der Waals surface area contributed by atoms with E-state index >= 15 is 0 Å². The minimum absolute atomic E-state index is 0.565. The average molecular weight is 206 g/mol. The second-order valence-electron chi connectivity index (χ2n) is 4.03. The van der Waals surface area contributed by atoms with Gasteiger partial charge < -0.3 is 10.6 Å². The summed E-state index contributed by atoms with van der Waals surface area (Å²) in [5, 5.41) is 0. The van der Waals surface area contributed by atoms with Gasteiger partial charge in [0.2, 0.25) is 0 Å². The Morgan fingerprint density at radius 1 is 1.33 bits per heavy atom. The van der Waals surface area contributed by atoms with E-state index in [9.17, 15) is 0 Å². The molecule has 0 aliphatic carbocycles. The van der Waals surface area contributed by atoms with Crippen LogP contribution in [0.2, 0.25) is 0 Å². The van der Waals surface area contributed by atoms with Crippen molar-refractivity contribution >= 4 is 11.4 Å². The fourth-order valence-corrected chi connectivity index (χ4v) is 1.89. The summed E-state index contributed by atoms with van der Waals surface area (Å²) in [5.41, 5.74) is 9.28. The van der Waals surface area contributed by atoms with Gasteiger partial charge >= 0.3 is 0 Å². The lowest BCUT2D eigenvalue weighted by atomic mass is 10.1. The number of hydrogen-bond acceptors (Lipinski definition) is 2. The molecule has 1 aromatic rings. The summed E-state index contributed by atoms with van der Waals surface area (Å²) >= 11 is 0. The minimum atomic E-state index is 0.565. The number of rotatable bonds is 4. The van der Waals surface area contributed by atoms with Crippen LogP contribution in [0.5, 0.6) is 0 Å². The maximum Gasteiger partial charge on any atom is 0.0418 e. The highest BCUT2D eigenvalue weighted by Gasteiger charge is 2.13. The van der Waals surface area contributed by atoms with Gasteiger partial charge in [0.15, 0.2) is 0 Å². The van der Waals surface area contributed by atoms with Crippen molar-refractivity contribution in [2.24, 2.45) is 0 Å². The van der Waals surface area contributed by atoms with E-state index in [-0.39, 0.29) is 0 Å². The molecular formula is C13H22N2. The zero-order valence-electron chi connectivity index (χ0n) is 10.2. The minimum Gasteiger partial charge on any atom is -0.398 e. The molecule has 2 N–H and O–H groups in total. The van der Waals surface area contributed by atoms with Crippen LogP contribution in [0.15, 0.2) is 18.2 Å². The summed E-state index contributed by atoms with van der Waals surface area (Å²) in [6, 6.07) is 6.71. The Kier molecular flexibility index (Phi) is 4.01. The van der Waals surface area contributed by atoms with Crippen molar-refractivity contribution in [2.45, 2.75) is 40.2 Å². The molecule has 0 aromatic heterocycles. The molecule has 0 saturated heterocycles. The van der Waals surface area contributed by atoms with Crippen molar-refractivity contribution in [1.29, 1.82) is 0 Å². The van der Waals surface area contributed by atoms with Crippen LogP contribution in [0.1, 0.15) is 32.8 Å². The summed E-state index contributed by atoms with van der Waals surface area (Å²) in [7, 11) is 0. The maximum absolute atomic E-state index is 5.93. The highest BCUT2D eigenvalue weighted by Crippen LogP contribution is 2.26. The van der Waals surface area contributed by atoms with Crippen molar-refractivity contribution in [3.63, 3.8) is 0 Å². The van der Waals surface area contributed by atoms with Gasteiger partial charge in [-0.2, -0.15) is 0 Å². The normalized spacial score (nSPS) is 12.5. The molecule has 0 fully saturated rings. The van der Waals surface area contributed by atoms with Gasteiger partial charge in [-0.15, -0.1) is 0 Å². The number of nitrogens with two attached hydrogens (primary N) is 1. The molecule has 0 bridgehead atoms. The van der Waals surface area contributed by atoms with Gasteiger partial charge in [0, 0.05) is 24.0 Å². The maximum atomic E-state index is 5.93. The van der Waals surface area contributed by atoms with Crippen molar-refractivity contribution < 1.29 is 0 Å². The van der Waals surface area contributed by atoms with Gasteiger partial charge in [0.25, 0.3) is 0 Å². The lowest BCUT2D eigenvalue weighted by molar-refractivity contribution is 0.629. The van der Waals surface area contributed by atoms with Crippen LogP contribution in [0.25, 0.3) is 0 Å². The number of hydrogen-bond donors (Lipinski definition) is 1.